The van der Waals surface area contributed by atoms with Crippen molar-refractivity contribution in [1.82, 2.24) is 14.9 Å². The predicted molar refractivity (Wildman–Crippen MR) is 49.2 cm³/mol. The summed E-state index contributed by atoms with van der Waals surface area (Å²) in [6.07, 6.45) is -0.140. The highest BCUT2D eigenvalue weighted by Gasteiger charge is 2.28. The van der Waals surface area contributed by atoms with E-state index in [0.29, 0.717) is 11.5 Å². The molecule has 6 heteroatoms. The highest BCUT2D eigenvalue weighted by Crippen LogP contribution is 2.25. The molecule has 0 aromatic carbocycles. The average Bonchev–Trinajstić information content (AvgIpc) is 2.42. The summed E-state index contributed by atoms with van der Waals surface area (Å²) in [6.45, 7) is 1.98. The first-order valence-corrected chi connectivity index (χ1v) is 4.16. The fraction of sp³-hybridized carbons (Fsp3) is 0.571. The van der Waals surface area contributed by atoms with Gasteiger partial charge in [-0.05, 0) is 14.0 Å². The Hall–Kier alpha value is -1.27. The maximum atomic E-state index is 11.0. The SMILES string of the molecule is CC1Nc2[nH]c(=O)[nH]c2C(N)N1C. The zero-order valence-corrected chi connectivity index (χ0v) is 7.59. The van der Waals surface area contributed by atoms with E-state index in [1.54, 1.807) is 0 Å². The summed E-state index contributed by atoms with van der Waals surface area (Å²) >= 11 is 0. The maximum absolute atomic E-state index is 11.0. The molecule has 0 radical (unpaired) electrons. The third-order valence-corrected chi connectivity index (χ3v) is 2.45. The molecule has 13 heavy (non-hydrogen) atoms. The van der Waals surface area contributed by atoms with Gasteiger partial charge in [-0.1, -0.05) is 0 Å². The molecule has 0 fully saturated rings. The van der Waals surface area contributed by atoms with Crippen LogP contribution in [0.25, 0.3) is 0 Å². The van der Waals surface area contributed by atoms with Gasteiger partial charge in [-0.15, -0.1) is 0 Å². The van der Waals surface area contributed by atoms with Crippen LogP contribution >= 0.6 is 0 Å². The largest absolute Gasteiger partial charge is 0.355 e. The van der Waals surface area contributed by atoms with Gasteiger partial charge in [0, 0.05) is 0 Å². The molecular formula is C7H13N5O. The van der Waals surface area contributed by atoms with Crippen molar-refractivity contribution in [1.29, 1.82) is 0 Å². The Balaban J connectivity index is 2.48. The molecular weight excluding hydrogens is 170 g/mol. The summed E-state index contributed by atoms with van der Waals surface area (Å²) in [4.78, 5) is 18.2. The molecule has 0 saturated carbocycles. The minimum absolute atomic E-state index is 0.119. The van der Waals surface area contributed by atoms with Gasteiger partial charge in [0.25, 0.3) is 0 Å². The normalized spacial score (nSPS) is 28.2. The topological polar surface area (TPSA) is 89.9 Å². The summed E-state index contributed by atoms with van der Waals surface area (Å²) in [5.41, 5.74) is 6.38. The van der Waals surface area contributed by atoms with Crippen LogP contribution in [0.4, 0.5) is 5.82 Å². The maximum Gasteiger partial charge on any atom is 0.324 e. The third kappa shape index (κ3) is 1.14. The fourth-order valence-corrected chi connectivity index (χ4v) is 1.49. The van der Waals surface area contributed by atoms with Gasteiger partial charge in [-0.2, -0.15) is 0 Å². The molecule has 2 unspecified atom stereocenters. The molecule has 0 saturated heterocycles. The Morgan fingerprint density at radius 2 is 2.15 bits per heavy atom. The molecule has 0 aliphatic carbocycles. The number of imidazole rings is 1. The van der Waals surface area contributed by atoms with E-state index < -0.39 is 0 Å². The molecule has 2 rings (SSSR count). The predicted octanol–water partition coefficient (Wildman–Crippen LogP) is -0.636. The average molecular weight is 183 g/mol. The summed E-state index contributed by atoms with van der Waals surface area (Å²) in [5.74, 6) is 0.697. The van der Waals surface area contributed by atoms with Crippen LogP contribution in [0, 0.1) is 0 Å². The molecule has 1 aromatic rings. The Bertz CT molecular complexity index is 367. The van der Waals surface area contributed by atoms with Crippen LogP contribution in [0.5, 0.6) is 0 Å². The Labute approximate surface area is 75.1 Å². The molecule has 0 spiro atoms. The number of rotatable bonds is 0. The zero-order valence-electron chi connectivity index (χ0n) is 7.59. The first-order valence-electron chi connectivity index (χ1n) is 4.16. The Kier molecular flexibility index (Phi) is 1.67. The summed E-state index contributed by atoms with van der Waals surface area (Å²) in [7, 11) is 1.90. The van der Waals surface area contributed by atoms with Crippen molar-refractivity contribution < 1.29 is 0 Å². The minimum Gasteiger partial charge on any atom is -0.355 e. The fourth-order valence-electron chi connectivity index (χ4n) is 1.49. The highest BCUT2D eigenvalue weighted by atomic mass is 16.1. The molecule has 1 aromatic heterocycles. The van der Waals surface area contributed by atoms with Crippen molar-refractivity contribution in [2.24, 2.45) is 5.73 Å². The molecule has 2 heterocycles. The van der Waals surface area contributed by atoms with E-state index in [9.17, 15) is 4.79 Å². The van der Waals surface area contributed by atoms with Gasteiger partial charge in [0.05, 0.1) is 11.9 Å². The quantitative estimate of drug-likeness (QED) is 0.431. The number of aromatic amines is 2. The number of nitrogens with zero attached hydrogens (tertiary/aromatic N) is 1. The molecule has 1 aliphatic heterocycles. The monoisotopic (exact) mass is 183 g/mol. The summed E-state index contributed by atoms with van der Waals surface area (Å²) in [5, 5.41) is 3.12. The zero-order chi connectivity index (χ0) is 9.59. The standard InChI is InChI=1S/C7H13N5O/c1-3-9-6-4(5(8)12(3)2)10-7(13)11-6/h3,5,9H,8H2,1-2H3,(H2,10,11,13). The van der Waals surface area contributed by atoms with Crippen molar-refractivity contribution in [2.75, 3.05) is 12.4 Å². The van der Waals surface area contributed by atoms with Crippen molar-refractivity contribution >= 4 is 5.82 Å². The number of fused-ring (bicyclic) bond motifs is 1. The number of hydrogen-bond donors (Lipinski definition) is 4. The third-order valence-electron chi connectivity index (χ3n) is 2.45. The molecule has 5 N–H and O–H groups in total. The molecule has 72 valence electrons. The summed E-state index contributed by atoms with van der Waals surface area (Å²) < 4.78 is 0. The van der Waals surface area contributed by atoms with Gasteiger partial charge in [0.1, 0.15) is 12.0 Å². The lowest BCUT2D eigenvalue weighted by atomic mass is 10.2. The number of hydrogen-bond acceptors (Lipinski definition) is 4. The van der Waals surface area contributed by atoms with Gasteiger partial charge in [0.2, 0.25) is 0 Å². The van der Waals surface area contributed by atoms with Gasteiger partial charge < -0.3 is 16.0 Å². The van der Waals surface area contributed by atoms with Gasteiger partial charge >= 0.3 is 5.69 Å². The van der Waals surface area contributed by atoms with Crippen LogP contribution in [0.15, 0.2) is 4.79 Å². The number of nitrogens with one attached hydrogen (secondary N) is 3. The van der Waals surface area contributed by atoms with Crippen molar-refractivity contribution in [3.63, 3.8) is 0 Å². The molecule has 0 amide bonds. The lowest BCUT2D eigenvalue weighted by Crippen LogP contribution is -2.46. The van der Waals surface area contributed by atoms with Gasteiger partial charge in [0.15, 0.2) is 0 Å². The Morgan fingerprint density at radius 3 is 2.85 bits per heavy atom. The smallest absolute Gasteiger partial charge is 0.324 e. The van der Waals surface area contributed by atoms with E-state index >= 15 is 0 Å². The van der Waals surface area contributed by atoms with E-state index in [0.717, 1.165) is 0 Å². The van der Waals surface area contributed by atoms with Crippen LogP contribution in [-0.2, 0) is 0 Å². The number of H-pyrrole nitrogens is 2. The van der Waals surface area contributed by atoms with Gasteiger partial charge in [-0.3, -0.25) is 9.88 Å². The lowest BCUT2D eigenvalue weighted by Gasteiger charge is -2.35. The molecule has 1 aliphatic rings. The van der Waals surface area contributed by atoms with Crippen molar-refractivity contribution in [2.45, 2.75) is 19.3 Å². The van der Waals surface area contributed by atoms with Crippen LogP contribution in [-0.4, -0.2) is 28.1 Å². The second-order valence-corrected chi connectivity index (χ2v) is 3.30. The molecule has 0 bridgehead atoms. The molecule has 6 nitrogen and oxygen atoms in total. The van der Waals surface area contributed by atoms with Crippen molar-refractivity contribution in [3.8, 4) is 0 Å². The highest BCUT2D eigenvalue weighted by molar-refractivity contribution is 5.44. The second kappa shape index (κ2) is 2.61. The number of anilines is 1. The van der Waals surface area contributed by atoms with E-state index in [4.69, 9.17) is 5.73 Å². The van der Waals surface area contributed by atoms with E-state index in [1.165, 1.54) is 0 Å². The van der Waals surface area contributed by atoms with E-state index in [-0.39, 0.29) is 18.0 Å². The number of aromatic nitrogens is 2. The summed E-state index contributed by atoms with van der Waals surface area (Å²) in [6, 6.07) is 0. The Morgan fingerprint density at radius 1 is 1.46 bits per heavy atom. The van der Waals surface area contributed by atoms with Crippen LogP contribution in [0.2, 0.25) is 0 Å². The first kappa shape index (κ1) is 8.33. The minimum atomic E-state index is -0.259. The second-order valence-electron chi connectivity index (χ2n) is 3.30. The number of nitrogens with two attached hydrogens (primary N) is 1. The van der Waals surface area contributed by atoms with Crippen LogP contribution in [0.3, 0.4) is 0 Å². The van der Waals surface area contributed by atoms with E-state index in [1.807, 2.05) is 18.9 Å². The first-order chi connectivity index (χ1) is 6.09. The lowest BCUT2D eigenvalue weighted by molar-refractivity contribution is 0.192. The molecule has 2 atom stereocenters. The van der Waals surface area contributed by atoms with Gasteiger partial charge in [-0.25, -0.2) is 4.79 Å². The van der Waals surface area contributed by atoms with Crippen molar-refractivity contribution in [3.05, 3.63) is 16.2 Å². The van der Waals surface area contributed by atoms with Crippen LogP contribution < -0.4 is 16.7 Å². The van der Waals surface area contributed by atoms with E-state index in [2.05, 4.69) is 15.3 Å². The van der Waals surface area contributed by atoms with Crippen LogP contribution in [0.1, 0.15) is 18.8 Å².